The Kier molecular flexibility index (Phi) is 7.38. The Balaban J connectivity index is 1.96. The Hall–Kier alpha value is -3.55. The van der Waals surface area contributed by atoms with Gasteiger partial charge in [0, 0.05) is 11.3 Å². The molecule has 0 aliphatic carbocycles. The van der Waals surface area contributed by atoms with Gasteiger partial charge in [0.25, 0.3) is 5.91 Å². The third kappa shape index (κ3) is 5.47. The van der Waals surface area contributed by atoms with Gasteiger partial charge in [0.15, 0.2) is 0 Å². The van der Waals surface area contributed by atoms with Gasteiger partial charge in [-0.3, -0.25) is 9.59 Å². The van der Waals surface area contributed by atoms with E-state index in [1.807, 2.05) is 0 Å². The first-order valence-electron chi connectivity index (χ1n) is 8.48. The highest BCUT2D eigenvalue weighted by molar-refractivity contribution is 6.06. The Morgan fingerprint density at radius 2 is 1.57 bits per heavy atom. The summed E-state index contributed by atoms with van der Waals surface area (Å²) in [5.41, 5.74) is 3.55. The minimum atomic E-state index is -0.938. The summed E-state index contributed by atoms with van der Waals surface area (Å²) in [5.74, 6) is -0.0524. The van der Waals surface area contributed by atoms with Crippen molar-refractivity contribution in [2.45, 2.75) is 6.92 Å². The number of benzene rings is 2. The summed E-state index contributed by atoms with van der Waals surface area (Å²) in [6.45, 7) is 1.50. The van der Waals surface area contributed by atoms with E-state index in [1.54, 1.807) is 56.7 Å². The second-order valence-corrected chi connectivity index (χ2v) is 5.78. The van der Waals surface area contributed by atoms with Crippen LogP contribution in [0.1, 0.15) is 12.5 Å². The lowest BCUT2D eigenvalue weighted by Crippen LogP contribution is -2.34. The highest BCUT2D eigenvalue weighted by Gasteiger charge is 2.21. The van der Waals surface area contributed by atoms with E-state index in [2.05, 4.69) is 15.8 Å². The van der Waals surface area contributed by atoms with Crippen molar-refractivity contribution in [1.29, 1.82) is 0 Å². The Labute approximate surface area is 163 Å². The Bertz CT molecular complexity index is 849. The molecule has 0 aliphatic rings. The standard InChI is InChI=1S/C20H23N3O5/c1-13(19(24)22-15-5-7-16(26-2)8-6-15)20(25)23-21-12-14-11-17(27-3)9-10-18(14)28-4/h5-13H,1-4H3,(H,22,24)(H,23,25). The van der Waals surface area contributed by atoms with Crippen molar-refractivity contribution < 1.29 is 23.8 Å². The molecule has 0 fully saturated rings. The molecular weight excluding hydrogens is 362 g/mol. The van der Waals surface area contributed by atoms with Crippen LogP contribution in [-0.4, -0.2) is 39.4 Å². The molecule has 148 valence electrons. The topological polar surface area (TPSA) is 98.2 Å². The van der Waals surface area contributed by atoms with E-state index in [4.69, 9.17) is 14.2 Å². The van der Waals surface area contributed by atoms with Crippen molar-refractivity contribution in [3.8, 4) is 17.2 Å². The number of hydrazone groups is 1. The molecule has 1 unspecified atom stereocenters. The van der Waals surface area contributed by atoms with E-state index in [0.29, 0.717) is 28.5 Å². The fraction of sp³-hybridized carbons (Fsp3) is 0.250. The van der Waals surface area contributed by atoms with Crippen LogP contribution in [0.15, 0.2) is 47.6 Å². The highest BCUT2D eigenvalue weighted by Crippen LogP contribution is 2.22. The molecule has 8 nitrogen and oxygen atoms in total. The van der Waals surface area contributed by atoms with Gasteiger partial charge in [0.05, 0.1) is 27.5 Å². The van der Waals surface area contributed by atoms with E-state index >= 15 is 0 Å². The maximum atomic E-state index is 12.2. The molecule has 2 aromatic carbocycles. The average molecular weight is 385 g/mol. The molecule has 0 bridgehead atoms. The average Bonchev–Trinajstić information content (AvgIpc) is 2.73. The number of hydrogen-bond donors (Lipinski definition) is 2. The van der Waals surface area contributed by atoms with Crippen LogP contribution >= 0.6 is 0 Å². The number of hydrogen-bond acceptors (Lipinski definition) is 6. The predicted molar refractivity (Wildman–Crippen MR) is 106 cm³/mol. The maximum Gasteiger partial charge on any atom is 0.252 e. The first kappa shape index (κ1) is 20.8. The van der Waals surface area contributed by atoms with E-state index < -0.39 is 17.7 Å². The molecule has 0 heterocycles. The van der Waals surface area contributed by atoms with Crippen molar-refractivity contribution in [1.82, 2.24) is 5.43 Å². The number of nitrogens with one attached hydrogen (secondary N) is 2. The lowest BCUT2D eigenvalue weighted by atomic mass is 10.1. The second-order valence-electron chi connectivity index (χ2n) is 5.78. The van der Waals surface area contributed by atoms with E-state index in [9.17, 15) is 9.59 Å². The lowest BCUT2D eigenvalue weighted by Gasteiger charge is -2.11. The zero-order valence-corrected chi connectivity index (χ0v) is 16.2. The molecule has 0 saturated heterocycles. The largest absolute Gasteiger partial charge is 0.497 e. The van der Waals surface area contributed by atoms with Crippen molar-refractivity contribution >= 4 is 23.7 Å². The van der Waals surface area contributed by atoms with Gasteiger partial charge >= 0.3 is 0 Å². The van der Waals surface area contributed by atoms with Gasteiger partial charge in [-0.2, -0.15) is 5.10 Å². The molecule has 2 rings (SSSR count). The zero-order valence-electron chi connectivity index (χ0n) is 16.2. The van der Waals surface area contributed by atoms with Crippen LogP contribution in [0.2, 0.25) is 0 Å². The fourth-order valence-corrected chi connectivity index (χ4v) is 2.25. The maximum absolute atomic E-state index is 12.2. The normalized spacial score (nSPS) is 11.6. The van der Waals surface area contributed by atoms with Gasteiger partial charge < -0.3 is 19.5 Å². The third-order valence-corrected chi connectivity index (χ3v) is 3.96. The van der Waals surface area contributed by atoms with Gasteiger partial charge in [-0.25, -0.2) is 5.43 Å². The summed E-state index contributed by atoms with van der Waals surface area (Å²) in [7, 11) is 4.64. The van der Waals surface area contributed by atoms with Crippen LogP contribution in [0.3, 0.4) is 0 Å². The van der Waals surface area contributed by atoms with Crippen LogP contribution < -0.4 is 25.0 Å². The highest BCUT2D eigenvalue weighted by atomic mass is 16.5. The van der Waals surface area contributed by atoms with Crippen LogP contribution in [0.4, 0.5) is 5.69 Å². The number of carbonyl (C=O) groups excluding carboxylic acids is 2. The number of nitrogens with zero attached hydrogens (tertiary/aromatic N) is 1. The SMILES string of the molecule is COc1ccc(NC(=O)C(C)C(=O)NN=Cc2cc(OC)ccc2OC)cc1. The molecule has 2 N–H and O–H groups in total. The van der Waals surface area contributed by atoms with E-state index in [-0.39, 0.29) is 0 Å². The Morgan fingerprint density at radius 1 is 0.929 bits per heavy atom. The second kappa shape index (κ2) is 9.96. The van der Waals surface area contributed by atoms with Crippen molar-refractivity contribution in [3.63, 3.8) is 0 Å². The van der Waals surface area contributed by atoms with Crippen molar-refractivity contribution in [3.05, 3.63) is 48.0 Å². The summed E-state index contributed by atoms with van der Waals surface area (Å²) in [6, 6.07) is 12.0. The molecular formula is C20H23N3O5. The number of anilines is 1. The molecule has 0 spiro atoms. The summed E-state index contributed by atoms with van der Waals surface area (Å²) < 4.78 is 15.5. The fourth-order valence-electron chi connectivity index (χ4n) is 2.25. The van der Waals surface area contributed by atoms with Gasteiger partial charge in [0.2, 0.25) is 5.91 Å². The summed E-state index contributed by atoms with van der Waals surface area (Å²) in [5, 5.41) is 6.57. The summed E-state index contributed by atoms with van der Waals surface area (Å²) >= 11 is 0. The quantitative estimate of drug-likeness (QED) is 0.413. The molecule has 2 aromatic rings. The van der Waals surface area contributed by atoms with Gasteiger partial charge in [-0.15, -0.1) is 0 Å². The smallest absolute Gasteiger partial charge is 0.252 e. The van der Waals surface area contributed by atoms with Crippen molar-refractivity contribution in [2.75, 3.05) is 26.6 Å². The minimum absolute atomic E-state index is 0.447. The number of rotatable bonds is 8. The zero-order chi connectivity index (χ0) is 20.5. The van der Waals surface area contributed by atoms with Crippen LogP contribution in [-0.2, 0) is 9.59 Å². The molecule has 0 radical (unpaired) electrons. The molecule has 8 heteroatoms. The van der Waals surface area contributed by atoms with E-state index in [0.717, 1.165) is 0 Å². The monoisotopic (exact) mass is 385 g/mol. The molecule has 0 aliphatic heterocycles. The molecule has 28 heavy (non-hydrogen) atoms. The van der Waals surface area contributed by atoms with E-state index in [1.165, 1.54) is 20.2 Å². The Morgan fingerprint density at radius 3 is 2.18 bits per heavy atom. The minimum Gasteiger partial charge on any atom is -0.497 e. The first-order valence-corrected chi connectivity index (χ1v) is 8.48. The molecule has 1 atom stereocenters. The van der Waals surface area contributed by atoms with Gasteiger partial charge in [0.1, 0.15) is 23.2 Å². The van der Waals surface area contributed by atoms with Gasteiger partial charge in [-0.05, 0) is 49.4 Å². The number of amides is 2. The number of methoxy groups -OCH3 is 3. The van der Waals surface area contributed by atoms with Crippen LogP contribution in [0.5, 0.6) is 17.2 Å². The van der Waals surface area contributed by atoms with Crippen molar-refractivity contribution in [2.24, 2.45) is 11.0 Å². The molecule has 0 aromatic heterocycles. The molecule has 2 amide bonds. The summed E-state index contributed by atoms with van der Waals surface area (Å²) in [4.78, 5) is 24.4. The van der Waals surface area contributed by atoms with Gasteiger partial charge in [-0.1, -0.05) is 0 Å². The van der Waals surface area contributed by atoms with Crippen LogP contribution in [0.25, 0.3) is 0 Å². The lowest BCUT2D eigenvalue weighted by molar-refractivity contribution is -0.131. The van der Waals surface area contributed by atoms with Crippen LogP contribution in [0, 0.1) is 5.92 Å². The molecule has 0 saturated carbocycles. The number of ether oxygens (including phenoxy) is 3. The predicted octanol–water partition coefficient (Wildman–Crippen LogP) is 2.44. The number of carbonyl (C=O) groups is 2. The first-order chi connectivity index (χ1) is 13.5. The summed E-state index contributed by atoms with van der Waals surface area (Å²) in [6.07, 6.45) is 1.42. The third-order valence-electron chi connectivity index (χ3n) is 3.96.